The lowest BCUT2D eigenvalue weighted by molar-refractivity contribution is -0.269. The number of rotatable bonds is 4. The molecule has 0 spiro atoms. The summed E-state index contributed by atoms with van der Waals surface area (Å²) in [7, 11) is 0. The van der Waals surface area contributed by atoms with Crippen molar-refractivity contribution in [3.05, 3.63) is 35.9 Å². The third-order valence-electron chi connectivity index (χ3n) is 3.19. The predicted octanol–water partition coefficient (Wildman–Crippen LogP) is -1.03. The van der Waals surface area contributed by atoms with E-state index in [0.717, 1.165) is 5.56 Å². The second-order valence-corrected chi connectivity index (χ2v) is 4.58. The molecule has 5 atom stereocenters. The molecule has 1 aliphatic rings. The van der Waals surface area contributed by atoms with E-state index in [9.17, 15) is 10.2 Å². The second kappa shape index (κ2) is 6.42. The third-order valence-corrected chi connectivity index (χ3v) is 3.19. The fourth-order valence-corrected chi connectivity index (χ4v) is 2.01. The van der Waals surface area contributed by atoms with Crippen molar-refractivity contribution in [2.75, 3.05) is 6.61 Å². The molecule has 19 heavy (non-hydrogen) atoms. The molecule has 1 aromatic rings. The first-order valence-electron chi connectivity index (χ1n) is 6.17. The molecule has 0 aliphatic carbocycles. The first-order valence-corrected chi connectivity index (χ1v) is 6.17. The molecule has 1 fully saturated rings. The highest BCUT2D eigenvalue weighted by Gasteiger charge is 2.42. The molecule has 1 saturated heterocycles. The van der Waals surface area contributed by atoms with Crippen molar-refractivity contribution < 1.29 is 24.8 Å². The Bertz CT molecular complexity index is 386. The van der Waals surface area contributed by atoms with Crippen LogP contribution in [0.25, 0.3) is 0 Å². The molecule has 0 saturated carbocycles. The fraction of sp³-hybridized carbons (Fsp3) is 0.538. The predicted molar refractivity (Wildman–Crippen MR) is 67.0 cm³/mol. The summed E-state index contributed by atoms with van der Waals surface area (Å²) in [6.07, 6.45) is -4.16. The molecule has 106 valence electrons. The molecule has 1 heterocycles. The van der Waals surface area contributed by atoms with Crippen LogP contribution in [0.2, 0.25) is 0 Å². The van der Waals surface area contributed by atoms with Gasteiger partial charge < -0.3 is 30.5 Å². The average molecular weight is 269 g/mol. The Labute approximate surface area is 111 Å². The van der Waals surface area contributed by atoms with Gasteiger partial charge >= 0.3 is 0 Å². The molecular weight excluding hydrogens is 250 g/mol. The minimum atomic E-state index is -1.21. The molecule has 0 radical (unpaired) electrons. The van der Waals surface area contributed by atoms with Gasteiger partial charge in [-0.15, -0.1) is 0 Å². The summed E-state index contributed by atoms with van der Waals surface area (Å²) in [5.41, 5.74) is 6.70. The summed E-state index contributed by atoms with van der Waals surface area (Å²) >= 11 is 0. The van der Waals surface area contributed by atoms with Crippen molar-refractivity contribution >= 4 is 0 Å². The number of nitrogens with two attached hydrogens (primary N) is 1. The van der Waals surface area contributed by atoms with Gasteiger partial charge in [0.1, 0.15) is 18.3 Å². The maximum absolute atomic E-state index is 9.77. The third kappa shape index (κ3) is 3.30. The van der Waals surface area contributed by atoms with Crippen molar-refractivity contribution in [1.29, 1.82) is 0 Å². The Morgan fingerprint density at radius 3 is 2.47 bits per heavy atom. The molecule has 2 rings (SSSR count). The van der Waals surface area contributed by atoms with Crippen molar-refractivity contribution in [2.24, 2.45) is 5.73 Å². The summed E-state index contributed by atoms with van der Waals surface area (Å²) in [6.45, 7) is -0.129. The van der Waals surface area contributed by atoms with Crippen LogP contribution in [0, 0.1) is 0 Å². The topological polar surface area (TPSA) is 105 Å². The van der Waals surface area contributed by atoms with E-state index in [1.54, 1.807) is 0 Å². The van der Waals surface area contributed by atoms with Gasteiger partial charge in [-0.3, -0.25) is 0 Å². The largest absolute Gasteiger partial charge is 0.394 e. The van der Waals surface area contributed by atoms with Crippen LogP contribution in [0.5, 0.6) is 0 Å². The number of aliphatic hydroxyl groups excluding tert-OH is 3. The summed E-state index contributed by atoms with van der Waals surface area (Å²) < 4.78 is 10.8. The molecule has 3 unspecified atom stereocenters. The van der Waals surface area contributed by atoms with Crippen LogP contribution < -0.4 is 5.73 Å². The quantitative estimate of drug-likeness (QED) is 0.557. The molecule has 0 amide bonds. The van der Waals surface area contributed by atoms with Gasteiger partial charge in [-0.05, 0) is 5.56 Å². The highest BCUT2D eigenvalue weighted by molar-refractivity contribution is 5.13. The second-order valence-electron chi connectivity index (χ2n) is 4.58. The van der Waals surface area contributed by atoms with Gasteiger partial charge in [-0.25, -0.2) is 0 Å². The normalized spacial score (nSPS) is 35.3. The summed E-state index contributed by atoms with van der Waals surface area (Å²) in [5, 5.41) is 28.5. The average Bonchev–Trinajstić information content (AvgIpc) is 2.45. The summed E-state index contributed by atoms with van der Waals surface area (Å²) in [4.78, 5) is 0. The Hall–Kier alpha value is -1.02. The molecule has 5 N–H and O–H groups in total. The Kier molecular flexibility index (Phi) is 4.87. The van der Waals surface area contributed by atoms with Gasteiger partial charge in [0.2, 0.25) is 0 Å². The zero-order valence-corrected chi connectivity index (χ0v) is 10.4. The first kappa shape index (κ1) is 14.4. The molecule has 0 bridgehead atoms. The lowest BCUT2D eigenvalue weighted by atomic mass is 9.98. The van der Waals surface area contributed by atoms with Gasteiger partial charge in [-0.1, -0.05) is 30.3 Å². The molecule has 6 heteroatoms. The minimum absolute atomic E-state index is 0.278. The number of ether oxygens (including phenoxy) is 2. The van der Waals surface area contributed by atoms with Gasteiger partial charge in [0.25, 0.3) is 0 Å². The van der Waals surface area contributed by atoms with Gasteiger partial charge in [-0.2, -0.15) is 0 Å². The number of hydrogen-bond donors (Lipinski definition) is 4. The lowest BCUT2D eigenvalue weighted by Crippen LogP contribution is -2.62. The molecule has 1 aliphatic heterocycles. The van der Waals surface area contributed by atoms with E-state index in [-0.39, 0.29) is 6.61 Å². The Balaban J connectivity index is 1.95. The number of aliphatic hydroxyl groups is 3. The number of hydrogen-bond acceptors (Lipinski definition) is 6. The monoisotopic (exact) mass is 269 g/mol. The van der Waals surface area contributed by atoms with E-state index < -0.39 is 37.3 Å². The van der Waals surface area contributed by atoms with Crippen molar-refractivity contribution in [3.63, 3.8) is 0 Å². The zero-order chi connectivity index (χ0) is 13.8. The van der Waals surface area contributed by atoms with Gasteiger partial charge in [0.05, 0.1) is 19.3 Å². The zero-order valence-electron chi connectivity index (χ0n) is 10.4. The highest BCUT2D eigenvalue weighted by atomic mass is 16.7. The van der Waals surface area contributed by atoms with Gasteiger partial charge in [0.15, 0.2) is 6.29 Å². The molecule has 6 nitrogen and oxygen atoms in total. The van der Waals surface area contributed by atoms with Crippen molar-refractivity contribution in [1.82, 2.24) is 0 Å². The minimum Gasteiger partial charge on any atom is -0.394 e. The fourth-order valence-electron chi connectivity index (χ4n) is 2.01. The van der Waals surface area contributed by atoms with E-state index in [1.165, 1.54) is 0 Å². The Morgan fingerprint density at radius 1 is 1.16 bits per heavy atom. The van der Waals surface area contributed by atoms with Crippen LogP contribution in [-0.4, -0.2) is 52.6 Å². The summed E-state index contributed by atoms with van der Waals surface area (Å²) in [6, 6.07) is 8.59. The van der Waals surface area contributed by atoms with Crippen LogP contribution in [0.4, 0.5) is 0 Å². The van der Waals surface area contributed by atoms with Crippen molar-refractivity contribution in [2.45, 2.75) is 37.3 Å². The molecule has 0 aromatic heterocycles. The first-order chi connectivity index (χ1) is 9.13. The lowest BCUT2D eigenvalue weighted by Gasteiger charge is -2.40. The van der Waals surface area contributed by atoms with Crippen LogP contribution in [-0.2, 0) is 16.1 Å². The van der Waals surface area contributed by atoms with E-state index in [2.05, 4.69) is 0 Å². The van der Waals surface area contributed by atoms with Crippen LogP contribution in [0.1, 0.15) is 5.56 Å². The number of benzene rings is 1. The molecular formula is C13H19NO5. The van der Waals surface area contributed by atoms with Crippen LogP contribution in [0.15, 0.2) is 30.3 Å². The van der Waals surface area contributed by atoms with Gasteiger partial charge in [0, 0.05) is 0 Å². The van der Waals surface area contributed by atoms with Crippen LogP contribution in [0.3, 0.4) is 0 Å². The van der Waals surface area contributed by atoms with Crippen LogP contribution >= 0.6 is 0 Å². The summed E-state index contributed by atoms with van der Waals surface area (Å²) in [5.74, 6) is 0. The molecule has 1 aromatic carbocycles. The SMILES string of the molecule is NC1C(O)[C@@H](O)C(CO)O[C@@H]1OCc1ccccc1. The van der Waals surface area contributed by atoms with E-state index in [4.69, 9.17) is 20.3 Å². The highest BCUT2D eigenvalue weighted by Crippen LogP contribution is 2.21. The van der Waals surface area contributed by atoms with E-state index in [1.807, 2.05) is 30.3 Å². The van der Waals surface area contributed by atoms with E-state index in [0.29, 0.717) is 0 Å². The Morgan fingerprint density at radius 2 is 1.84 bits per heavy atom. The maximum Gasteiger partial charge on any atom is 0.176 e. The van der Waals surface area contributed by atoms with E-state index >= 15 is 0 Å². The standard InChI is InChI=1S/C13H19NO5/c14-10-12(17)11(16)9(6-15)19-13(10)18-7-8-4-2-1-3-5-8/h1-5,9-13,15-17H,6-7,14H2/t9?,10?,11-,12?,13-/m0/s1. The smallest absolute Gasteiger partial charge is 0.176 e. The van der Waals surface area contributed by atoms with Crippen molar-refractivity contribution in [3.8, 4) is 0 Å². The maximum atomic E-state index is 9.77.